The molecular formula is C14H18N2O2. The van der Waals surface area contributed by atoms with Crippen LogP contribution in [0.2, 0.25) is 0 Å². The minimum absolute atomic E-state index is 0.421. The van der Waals surface area contributed by atoms with Crippen molar-refractivity contribution in [3.8, 4) is 0 Å². The molecular weight excluding hydrogens is 228 g/mol. The first-order chi connectivity index (χ1) is 8.77. The van der Waals surface area contributed by atoms with Crippen molar-refractivity contribution >= 4 is 18.0 Å². The van der Waals surface area contributed by atoms with Crippen molar-refractivity contribution in [3.05, 3.63) is 30.3 Å². The van der Waals surface area contributed by atoms with Crippen molar-refractivity contribution in [2.24, 2.45) is 11.0 Å². The van der Waals surface area contributed by atoms with Gasteiger partial charge in [-0.05, 0) is 30.9 Å². The van der Waals surface area contributed by atoms with Crippen molar-refractivity contribution in [1.29, 1.82) is 0 Å². The van der Waals surface area contributed by atoms with Crippen molar-refractivity contribution < 1.29 is 9.90 Å². The Morgan fingerprint density at radius 3 is 2.50 bits per heavy atom. The average molecular weight is 246 g/mol. The van der Waals surface area contributed by atoms with Gasteiger partial charge in [-0.2, -0.15) is 10.1 Å². The van der Waals surface area contributed by atoms with Gasteiger partial charge in [-0.3, -0.25) is 0 Å². The zero-order chi connectivity index (χ0) is 12.8. The van der Waals surface area contributed by atoms with E-state index in [9.17, 15) is 4.79 Å². The lowest BCUT2D eigenvalue weighted by Crippen LogP contribution is -2.24. The number of rotatable bonds is 3. The van der Waals surface area contributed by atoms with E-state index in [1.807, 2.05) is 6.07 Å². The molecule has 0 unspecified atom stereocenters. The summed E-state index contributed by atoms with van der Waals surface area (Å²) in [6, 6.07) is 8.95. The van der Waals surface area contributed by atoms with Crippen LogP contribution in [0.25, 0.3) is 0 Å². The largest absolute Gasteiger partial charge is 0.463 e. The molecule has 0 radical (unpaired) electrons. The van der Waals surface area contributed by atoms with Crippen molar-refractivity contribution in [1.82, 2.24) is 0 Å². The SMILES string of the molecule is O=C(O)N(N=CC1CCCCC1)c1ccccc1. The normalized spacial score (nSPS) is 16.9. The number of hydrogen-bond acceptors (Lipinski definition) is 2. The van der Waals surface area contributed by atoms with Crippen LogP contribution in [-0.4, -0.2) is 17.4 Å². The first-order valence-electron chi connectivity index (χ1n) is 6.39. The predicted octanol–water partition coefficient (Wildman–Crippen LogP) is 3.74. The lowest BCUT2D eigenvalue weighted by atomic mass is 9.90. The van der Waals surface area contributed by atoms with Gasteiger partial charge >= 0.3 is 6.09 Å². The van der Waals surface area contributed by atoms with Crippen LogP contribution in [-0.2, 0) is 0 Å². The number of carboxylic acid groups (broad SMARTS) is 1. The summed E-state index contributed by atoms with van der Waals surface area (Å²) in [7, 11) is 0. The summed E-state index contributed by atoms with van der Waals surface area (Å²) in [6.07, 6.45) is 6.70. The Morgan fingerprint density at radius 1 is 1.22 bits per heavy atom. The number of hydrazone groups is 1. The third-order valence-corrected chi connectivity index (χ3v) is 3.22. The lowest BCUT2D eigenvalue weighted by Gasteiger charge is -2.19. The van der Waals surface area contributed by atoms with Crippen LogP contribution in [0.3, 0.4) is 0 Å². The number of para-hydroxylation sites is 1. The highest BCUT2D eigenvalue weighted by molar-refractivity contribution is 5.86. The first-order valence-corrected chi connectivity index (χ1v) is 6.39. The monoisotopic (exact) mass is 246 g/mol. The van der Waals surface area contributed by atoms with Gasteiger partial charge < -0.3 is 5.11 Å². The van der Waals surface area contributed by atoms with Crippen LogP contribution in [0, 0.1) is 5.92 Å². The quantitative estimate of drug-likeness (QED) is 0.652. The molecule has 0 aliphatic heterocycles. The maximum atomic E-state index is 11.2. The highest BCUT2D eigenvalue weighted by Crippen LogP contribution is 2.22. The molecule has 1 saturated carbocycles. The van der Waals surface area contributed by atoms with E-state index in [-0.39, 0.29) is 0 Å². The number of carbonyl (C=O) groups is 1. The minimum atomic E-state index is -1.05. The molecule has 4 nitrogen and oxygen atoms in total. The number of hydrogen-bond donors (Lipinski definition) is 1. The molecule has 1 aromatic rings. The molecule has 4 heteroatoms. The summed E-state index contributed by atoms with van der Waals surface area (Å²) in [5.74, 6) is 0.421. The standard InChI is InChI=1S/C14H18N2O2/c17-14(18)16(13-9-5-2-6-10-13)15-11-12-7-3-1-4-8-12/h2,5-6,9-12H,1,3-4,7-8H2,(H,17,18). The molecule has 18 heavy (non-hydrogen) atoms. The zero-order valence-corrected chi connectivity index (χ0v) is 10.3. The molecule has 1 fully saturated rings. The Hall–Kier alpha value is -1.84. The van der Waals surface area contributed by atoms with Gasteiger partial charge in [0, 0.05) is 6.21 Å². The van der Waals surface area contributed by atoms with Gasteiger partial charge in [0.05, 0.1) is 5.69 Å². The molecule has 0 bridgehead atoms. The number of benzene rings is 1. The first kappa shape index (κ1) is 12.6. The van der Waals surface area contributed by atoms with Crippen LogP contribution >= 0.6 is 0 Å². The molecule has 0 atom stereocenters. The molecule has 1 amide bonds. The predicted molar refractivity (Wildman–Crippen MR) is 72.0 cm³/mol. The summed E-state index contributed by atoms with van der Waals surface area (Å²) in [6.45, 7) is 0. The second-order valence-electron chi connectivity index (χ2n) is 4.59. The van der Waals surface area contributed by atoms with E-state index in [0.29, 0.717) is 11.6 Å². The van der Waals surface area contributed by atoms with Crippen molar-refractivity contribution in [2.75, 3.05) is 5.01 Å². The van der Waals surface area contributed by atoms with Crippen LogP contribution in [0.5, 0.6) is 0 Å². The molecule has 0 aromatic heterocycles. The highest BCUT2D eigenvalue weighted by atomic mass is 16.4. The van der Waals surface area contributed by atoms with E-state index in [2.05, 4.69) is 5.10 Å². The molecule has 0 spiro atoms. The Labute approximate surface area is 107 Å². The third kappa shape index (κ3) is 3.32. The minimum Gasteiger partial charge on any atom is -0.463 e. The molecule has 1 aromatic carbocycles. The average Bonchev–Trinajstić information content (AvgIpc) is 2.41. The fourth-order valence-corrected chi connectivity index (χ4v) is 2.24. The van der Waals surface area contributed by atoms with Gasteiger partial charge in [-0.15, -0.1) is 0 Å². The number of nitrogens with zero attached hydrogens (tertiary/aromatic N) is 2. The van der Waals surface area contributed by atoms with E-state index in [1.54, 1.807) is 30.5 Å². The van der Waals surface area contributed by atoms with Gasteiger partial charge in [-0.25, -0.2) is 4.79 Å². The number of amides is 1. The Bertz CT molecular complexity index is 411. The second kappa shape index (κ2) is 6.19. The summed E-state index contributed by atoms with van der Waals surface area (Å²) < 4.78 is 0. The van der Waals surface area contributed by atoms with E-state index < -0.39 is 6.09 Å². The van der Waals surface area contributed by atoms with Crippen LogP contribution in [0.15, 0.2) is 35.4 Å². The lowest BCUT2D eigenvalue weighted by molar-refractivity contribution is 0.202. The Balaban J connectivity index is 2.07. The third-order valence-electron chi connectivity index (χ3n) is 3.22. The maximum Gasteiger partial charge on any atom is 0.432 e. The zero-order valence-electron chi connectivity index (χ0n) is 10.3. The van der Waals surface area contributed by atoms with E-state index in [4.69, 9.17) is 5.11 Å². The van der Waals surface area contributed by atoms with Gasteiger partial charge in [0.15, 0.2) is 0 Å². The van der Waals surface area contributed by atoms with Crippen molar-refractivity contribution in [2.45, 2.75) is 32.1 Å². The van der Waals surface area contributed by atoms with Gasteiger partial charge in [0.1, 0.15) is 0 Å². The van der Waals surface area contributed by atoms with Crippen molar-refractivity contribution in [3.63, 3.8) is 0 Å². The summed E-state index contributed by atoms with van der Waals surface area (Å²) in [4.78, 5) is 11.2. The van der Waals surface area contributed by atoms with E-state index in [1.165, 1.54) is 19.3 Å². The molecule has 0 heterocycles. The fourth-order valence-electron chi connectivity index (χ4n) is 2.24. The summed E-state index contributed by atoms with van der Waals surface area (Å²) >= 11 is 0. The van der Waals surface area contributed by atoms with Crippen LogP contribution < -0.4 is 5.01 Å². The van der Waals surface area contributed by atoms with Crippen LogP contribution in [0.1, 0.15) is 32.1 Å². The molecule has 1 N–H and O–H groups in total. The van der Waals surface area contributed by atoms with Gasteiger partial charge in [0.2, 0.25) is 0 Å². The van der Waals surface area contributed by atoms with E-state index in [0.717, 1.165) is 17.9 Å². The second-order valence-corrected chi connectivity index (χ2v) is 4.59. The summed E-state index contributed by atoms with van der Waals surface area (Å²) in [5.41, 5.74) is 0.581. The molecule has 96 valence electrons. The van der Waals surface area contributed by atoms with E-state index >= 15 is 0 Å². The molecule has 1 aliphatic rings. The van der Waals surface area contributed by atoms with Crippen LogP contribution in [0.4, 0.5) is 10.5 Å². The highest BCUT2D eigenvalue weighted by Gasteiger charge is 2.15. The Kier molecular flexibility index (Phi) is 4.34. The smallest absolute Gasteiger partial charge is 0.432 e. The number of anilines is 1. The molecule has 1 aliphatic carbocycles. The topological polar surface area (TPSA) is 52.9 Å². The van der Waals surface area contributed by atoms with Gasteiger partial charge in [0.25, 0.3) is 0 Å². The van der Waals surface area contributed by atoms with Gasteiger partial charge in [-0.1, -0.05) is 37.5 Å². The molecule has 0 saturated heterocycles. The maximum absolute atomic E-state index is 11.2. The summed E-state index contributed by atoms with van der Waals surface area (Å²) in [5, 5.41) is 14.3. The molecule has 2 rings (SSSR count). The fraction of sp³-hybridized carbons (Fsp3) is 0.429. The Morgan fingerprint density at radius 2 is 1.89 bits per heavy atom.